The van der Waals surface area contributed by atoms with Gasteiger partial charge >= 0.3 is 0 Å². The highest BCUT2D eigenvalue weighted by atomic mass is 32.2. The lowest BCUT2D eigenvalue weighted by Gasteiger charge is -2.34. The molecule has 0 radical (unpaired) electrons. The Morgan fingerprint density at radius 1 is 0.935 bits per heavy atom. The molecule has 2 heterocycles. The summed E-state index contributed by atoms with van der Waals surface area (Å²) in [6.07, 6.45) is 3.09. The molecule has 7 nitrogen and oxygen atoms in total. The van der Waals surface area contributed by atoms with Crippen molar-refractivity contribution in [3.05, 3.63) is 69.6 Å². The molecule has 1 fully saturated rings. The molecule has 0 bridgehead atoms. The summed E-state index contributed by atoms with van der Waals surface area (Å²) in [4.78, 5) is 15.3. The van der Waals surface area contributed by atoms with Gasteiger partial charge in [0, 0.05) is 31.6 Å². The average molecular weight is 439 g/mol. The molecule has 2 aromatic carbocycles. The predicted molar refractivity (Wildman–Crippen MR) is 120 cm³/mol. The van der Waals surface area contributed by atoms with Gasteiger partial charge in [-0.3, -0.25) is 9.69 Å². The van der Waals surface area contributed by atoms with Gasteiger partial charge in [0.2, 0.25) is 10.0 Å². The van der Waals surface area contributed by atoms with Crippen LogP contribution in [-0.4, -0.2) is 53.6 Å². The van der Waals surface area contributed by atoms with Gasteiger partial charge in [-0.05, 0) is 55.5 Å². The summed E-state index contributed by atoms with van der Waals surface area (Å²) in [5.41, 5.74) is 3.13. The Hall–Kier alpha value is -2.55. The minimum absolute atomic E-state index is 0.116. The van der Waals surface area contributed by atoms with Gasteiger partial charge in [0.05, 0.1) is 22.6 Å². The molecule has 3 aromatic rings. The maximum Gasteiger partial charge on any atom is 0.275 e. The van der Waals surface area contributed by atoms with Crippen molar-refractivity contribution >= 4 is 20.8 Å². The molecule has 0 unspecified atom stereocenters. The topological polar surface area (TPSA) is 75.5 Å². The third-order valence-electron chi connectivity index (χ3n) is 6.43. The van der Waals surface area contributed by atoms with Crippen LogP contribution in [0.4, 0.5) is 0 Å². The Morgan fingerprint density at radius 3 is 2.42 bits per heavy atom. The molecule has 162 valence electrons. The number of benzene rings is 2. The second-order valence-corrected chi connectivity index (χ2v) is 10.3. The number of fused-ring (bicyclic) bond motifs is 2. The number of piperazine rings is 1. The Morgan fingerprint density at radius 2 is 1.65 bits per heavy atom. The lowest BCUT2D eigenvalue weighted by atomic mass is 10.1. The molecule has 0 saturated carbocycles. The Bertz CT molecular complexity index is 1310. The molecule has 1 aromatic heterocycles. The highest BCUT2D eigenvalue weighted by Crippen LogP contribution is 2.26. The molecular weight excluding hydrogens is 412 g/mol. The fourth-order valence-corrected chi connectivity index (χ4v) is 6.13. The minimum atomic E-state index is -3.50. The number of aryl methyl sites for hydroxylation is 3. The average Bonchev–Trinajstić information content (AvgIpc) is 3.26. The standard InChI is InChI=1S/C23H26N4O3S/c1-17-21-7-2-3-8-22(21)23(28)27(24-17)16-25-11-13-26(14-12-25)31(29,30)20-10-9-18-5-4-6-19(18)15-20/h2-3,7-10,15H,4-6,11-14,16H2,1H3. The van der Waals surface area contributed by atoms with Crippen molar-refractivity contribution in [2.45, 2.75) is 37.8 Å². The first-order valence-corrected chi connectivity index (χ1v) is 12.2. The second kappa shape index (κ2) is 7.85. The molecule has 8 heteroatoms. The van der Waals surface area contributed by atoms with Crippen molar-refractivity contribution in [1.82, 2.24) is 19.0 Å². The van der Waals surface area contributed by atoms with E-state index in [-0.39, 0.29) is 5.56 Å². The summed E-state index contributed by atoms with van der Waals surface area (Å²) in [6.45, 7) is 4.19. The highest BCUT2D eigenvalue weighted by molar-refractivity contribution is 7.89. The fraction of sp³-hybridized carbons (Fsp3) is 0.391. The second-order valence-electron chi connectivity index (χ2n) is 8.38. The number of nitrogens with zero attached hydrogens (tertiary/aromatic N) is 4. The third-order valence-corrected chi connectivity index (χ3v) is 8.32. The zero-order chi connectivity index (χ0) is 21.6. The van der Waals surface area contributed by atoms with E-state index in [4.69, 9.17) is 0 Å². The lowest BCUT2D eigenvalue weighted by molar-refractivity contribution is 0.143. The van der Waals surface area contributed by atoms with Crippen LogP contribution in [0.1, 0.15) is 23.2 Å². The van der Waals surface area contributed by atoms with Crippen molar-refractivity contribution in [1.29, 1.82) is 0 Å². The number of hydrogen-bond donors (Lipinski definition) is 0. The molecule has 0 atom stereocenters. The Kier molecular flexibility index (Phi) is 5.16. The summed E-state index contributed by atoms with van der Waals surface area (Å²) in [7, 11) is -3.50. The number of hydrogen-bond acceptors (Lipinski definition) is 5. The molecular formula is C23H26N4O3S. The van der Waals surface area contributed by atoms with E-state index in [0.717, 1.165) is 35.9 Å². The summed E-state index contributed by atoms with van der Waals surface area (Å²) >= 11 is 0. The maximum atomic E-state index is 13.1. The van der Waals surface area contributed by atoms with E-state index in [0.29, 0.717) is 43.1 Å². The summed E-state index contributed by atoms with van der Waals surface area (Å²) < 4.78 is 29.3. The van der Waals surface area contributed by atoms with Gasteiger partial charge in [0.25, 0.3) is 5.56 Å². The van der Waals surface area contributed by atoms with E-state index < -0.39 is 10.0 Å². The van der Waals surface area contributed by atoms with E-state index in [9.17, 15) is 13.2 Å². The largest absolute Gasteiger partial charge is 0.282 e. The van der Waals surface area contributed by atoms with Crippen molar-refractivity contribution in [3.8, 4) is 0 Å². The molecule has 1 aliphatic carbocycles. The van der Waals surface area contributed by atoms with Crippen LogP contribution in [0.15, 0.2) is 52.2 Å². The van der Waals surface area contributed by atoms with E-state index in [1.54, 1.807) is 10.4 Å². The predicted octanol–water partition coefficient (Wildman–Crippen LogP) is 2.16. The van der Waals surface area contributed by atoms with Crippen LogP contribution in [0.3, 0.4) is 0 Å². The van der Waals surface area contributed by atoms with Gasteiger partial charge < -0.3 is 0 Å². The number of rotatable bonds is 4. The van der Waals surface area contributed by atoms with Crippen molar-refractivity contribution < 1.29 is 8.42 Å². The van der Waals surface area contributed by atoms with Gasteiger partial charge in [-0.1, -0.05) is 24.3 Å². The lowest BCUT2D eigenvalue weighted by Crippen LogP contribution is -2.49. The molecule has 0 amide bonds. The first-order chi connectivity index (χ1) is 14.9. The SMILES string of the molecule is Cc1nn(CN2CCN(S(=O)(=O)c3ccc4c(c3)CCC4)CC2)c(=O)c2ccccc12. The van der Waals surface area contributed by atoms with Gasteiger partial charge in [-0.15, -0.1) is 0 Å². The van der Waals surface area contributed by atoms with Crippen LogP contribution in [0.25, 0.3) is 10.8 Å². The van der Waals surface area contributed by atoms with E-state index >= 15 is 0 Å². The molecule has 5 rings (SSSR count). The van der Waals surface area contributed by atoms with Gasteiger partial charge in [-0.25, -0.2) is 13.1 Å². The van der Waals surface area contributed by atoms with Gasteiger partial charge in [0.1, 0.15) is 0 Å². The summed E-state index contributed by atoms with van der Waals surface area (Å²) in [5.74, 6) is 0. The number of sulfonamides is 1. The molecule has 1 saturated heterocycles. The summed E-state index contributed by atoms with van der Waals surface area (Å²) in [5, 5.41) is 6.00. The Balaban J connectivity index is 1.30. The van der Waals surface area contributed by atoms with Crippen molar-refractivity contribution in [3.63, 3.8) is 0 Å². The van der Waals surface area contributed by atoms with E-state index in [1.807, 2.05) is 43.3 Å². The maximum absolute atomic E-state index is 13.1. The molecule has 1 aliphatic heterocycles. The van der Waals surface area contributed by atoms with E-state index in [2.05, 4.69) is 10.00 Å². The van der Waals surface area contributed by atoms with Crippen LogP contribution in [-0.2, 0) is 29.5 Å². The van der Waals surface area contributed by atoms with Crippen molar-refractivity contribution in [2.75, 3.05) is 26.2 Å². The Labute approximate surface area is 182 Å². The first kappa shape index (κ1) is 20.4. The monoisotopic (exact) mass is 438 g/mol. The smallest absolute Gasteiger partial charge is 0.275 e. The van der Waals surface area contributed by atoms with Crippen LogP contribution in [0, 0.1) is 6.92 Å². The quantitative estimate of drug-likeness (QED) is 0.624. The van der Waals surface area contributed by atoms with Crippen LogP contribution < -0.4 is 5.56 Å². The van der Waals surface area contributed by atoms with Crippen LogP contribution >= 0.6 is 0 Å². The minimum Gasteiger partial charge on any atom is -0.282 e. The highest BCUT2D eigenvalue weighted by Gasteiger charge is 2.29. The van der Waals surface area contributed by atoms with Gasteiger partial charge in [0.15, 0.2) is 0 Å². The molecule has 0 spiro atoms. The zero-order valence-electron chi connectivity index (χ0n) is 17.6. The van der Waals surface area contributed by atoms with Crippen LogP contribution in [0.5, 0.6) is 0 Å². The van der Waals surface area contributed by atoms with Gasteiger partial charge in [-0.2, -0.15) is 9.40 Å². The fourth-order valence-electron chi connectivity index (χ4n) is 4.66. The normalized spacial score (nSPS) is 17.8. The van der Waals surface area contributed by atoms with Crippen LogP contribution in [0.2, 0.25) is 0 Å². The molecule has 0 N–H and O–H groups in total. The van der Waals surface area contributed by atoms with Crippen molar-refractivity contribution in [2.24, 2.45) is 0 Å². The molecule has 31 heavy (non-hydrogen) atoms. The third kappa shape index (κ3) is 3.69. The number of aromatic nitrogens is 2. The van der Waals surface area contributed by atoms with E-state index in [1.165, 1.54) is 10.2 Å². The summed E-state index contributed by atoms with van der Waals surface area (Å²) in [6, 6.07) is 13.1. The zero-order valence-corrected chi connectivity index (χ0v) is 18.4. The molecule has 2 aliphatic rings. The first-order valence-electron chi connectivity index (χ1n) is 10.7.